The zero-order valence-corrected chi connectivity index (χ0v) is 17.3. The molecule has 0 spiro atoms. The van der Waals surface area contributed by atoms with Crippen LogP contribution in [0, 0.1) is 6.92 Å². The summed E-state index contributed by atoms with van der Waals surface area (Å²) in [5.41, 5.74) is 3.94. The van der Waals surface area contributed by atoms with Gasteiger partial charge in [-0.15, -0.1) is 10.2 Å². The molecule has 31 heavy (non-hydrogen) atoms. The molecule has 0 saturated heterocycles. The maximum absolute atomic E-state index is 12.5. The fourth-order valence-electron chi connectivity index (χ4n) is 3.76. The van der Waals surface area contributed by atoms with E-state index in [4.69, 9.17) is 9.47 Å². The molecule has 0 unspecified atom stereocenters. The summed E-state index contributed by atoms with van der Waals surface area (Å²) < 4.78 is 15.0. The van der Waals surface area contributed by atoms with Crippen LogP contribution in [-0.4, -0.2) is 36.9 Å². The number of hydrogen-bond acceptors (Lipinski definition) is 6. The van der Waals surface area contributed by atoms with Gasteiger partial charge in [0.2, 0.25) is 0 Å². The van der Waals surface area contributed by atoms with Crippen molar-refractivity contribution in [3.8, 4) is 22.8 Å². The Morgan fingerprint density at radius 2 is 1.97 bits per heavy atom. The van der Waals surface area contributed by atoms with Gasteiger partial charge in [0.1, 0.15) is 18.7 Å². The fraction of sp³-hybridized carbons (Fsp3) is 0.217. The largest absolute Gasteiger partial charge is 0.486 e. The number of rotatable bonds is 5. The average molecular weight is 415 g/mol. The van der Waals surface area contributed by atoms with E-state index in [1.807, 2.05) is 58.5 Å². The van der Waals surface area contributed by atoms with E-state index in [1.54, 1.807) is 13.3 Å². The van der Waals surface area contributed by atoms with Gasteiger partial charge in [0.15, 0.2) is 17.3 Å². The first kappa shape index (κ1) is 19.0. The molecule has 0 fully saturated rings. The number of fused-ring (bicyclic) bond motifs is 5. The number of benzene rings is 2. The molecule has 0 bridgehead atoms. The van der Waals surface area contributed by atoms with Crippen molar-refractivity contribution in [1.82, 2.24) is 24.3 Å². The fourth-order valence-corrected chi connectivity index (χ4v) is 3.76. The second kappa shape index (κ2) is 7.71. The van der Waals surface area contributed by atoms with Crippen LogP contribution in [0.2, 0.25) is 0 Å². The number of nitrogens with zero attached hydrogens (tertiary/aromatic N) is 5. The molecule has 0 radical (unpaired) electrons. The quantitative estimate of drug-likeness (QED) is 0.408. The van der Waals surface area contributed by atoms with E-state index < -0.39 is 5.97 Å². The number of ether oxygens (including phenoxy) is 2. The Morgan fingerprint density at radius 1 is 1.13 bits per heavy atom. The zero-order chi connectivity index (χ0) is 21.4. The monoisotopic (exact) mass is 415 g/mol. The molecule has 0 aliphatic carbocycles. The highest BCUT2D eigenvalue weighted by Gasteiger charge is 2.28. The summed E-state index contributed by atoms with van der Waals surface area (Å²) in [6, 6.07) is 15.7. The van der Waals surface area contributed by atoms with E-state index in [9.17, 15) is 4.79 Å². The van der Waals surface area contributed by atoms with Crippen LogP contribution in [0.25, 0.3) is 17.1 Å². The lowest BCUT2D eigenvalue weighted by Crippen LogP contribution is -2.14. The van der Waals surface area contributed by atoms with Crippen LogP contribution < -0.4 is 4.74 Å². The highest BCUT2D eigenvalue weighted by Crippen LogP contribution is 2.33. The number of aromatic nitrogens is 5. The van der Waals surface area contributed by atoms with Gasteiger partial charge in [0, 0.05) is 5.56 Å². The molecular formula is C23H21N5O3. The van der Waals surface area contributed by atoms with Gasteiger partial charge < -0.3 is 14.0 Å². The maximum Gasteiger partial charge on any atom is 0.358 e. The van der Waals surface area contributed by atoms with E-state index in [0.29, 0.717) is 18.1 Å². The predicted octanol–water partition coefficient (Wildman–Crippen LogP) is 3.56. The summed E-state index contributed by atoms with van der Waals surface area (Å²) >= 11 is 0. The van der Waals surface area contributed by atoms with Crippen molar-refractivity contribution in [3.05, 3.63) is 77.6 Å². The van der Waals surface area contributed by atoms with Gasteiger partial charge in [0.05, 0.1) is 24.5 Å². The van der Waals surface area contributed by atoms with E-state index in [0.717, 1.165) is 34.1 Å². The lowest BCUT2D eigenvalue weighted by atomic mass is 10.1. The second-order valence-corrected chi connectivity index (χ2v) is 7.28. The van der Waals surface area contributed by atoms with E-state index >= 15 is 0 Å². The SMILES string of the molecule is CCOC(=O)c1ncn2c1Cn1c(COc3ccccc3)nnc1-c1cc(C)ccc1-2. The van der Waals surface area contributed by atoms with Crippen molar-refractivity contribution in [2.45, 2.75) is 27.0 Å². The summed E-state index contributed by atoms with van der Waals surface area (Å²) in [6.45, 7) is 4.72. The van der Waals surface area contributed by atoms with Crippen LogP contribution in [0.1, 0.15) is 34.5 Å². The number of carbonyl (C=O) groups excluding carboxylic acids is 1. The molecule has 3 heterocycles. The first-order chi connectivity index (χ1) is 15.2. The molecule has 0 saturated carbocycles. The van der Waals surface area contributed by atoms with Crippen LogP contribution in [0.4, 0.5) is 0 Å². The van der Waals surface area contributed by atoms with Crippen LogP contribution in [0.15, 0.2) is 54.9 Å². The lowest BCUT2D eigenvalue weighted by Gasteiger charge is -2.10. The van der Waals surface area contributed by atoms with Crippen molar-refractivity contribution in [1.29, 1.82) is 0 Å². The van der Waals surface area contributed by atoms with Gasteiger partial charge in [-0.25, -0.2) is 9.78 Å². The minimum absolute atomic E-state index is 0.251. The van der Waals surface area contributed by atoms with Gasteiger partial charge in [-0.3, -0.25) is 4.57 Å². The number of aryl methyl sites for hydroxylation is 1. The normalized spacial score (nSPS) is 11.8. The summed E-state index contributed by atoms with van der Waals surface area (Å²) in [5.74, 6) is 1.70. The van der Waals surface area contributed by atoms with Crippen LogP contribution in [-0.2, 0) is 17.9 Å². The minimum atomic E-state index is -0.441. The Balaban J connectivity index is 1.61. The molecule has 8 nitrogen and oxygen atoms in total. The number of para-hydroxylation sites is 1. The van der Waals surface area contributed by atoms with Crippen molar-refractivity contribution < 1.29 is 14.3 Å². The van der Waals surface area contributed by atoms with E-state index in [-0.39, 0.29) is 13.2 Å². The molecule has 8 heteroatoms. The third-order valence-corrected chi connectivity index (χ3v) is 5.23. The first-order valence-corrected chi connectivity index (χ1v) is 10.1. The molecule has 156 valence electrons. The number of esters is 1. The molecule has 5 rings (SSSR count). The molecular weight excluding hydrogens is 394 g/mol. The average Bonchev–Trinajstić information content (AvgIpc) is 3.35. The van der Waals surface area contributed by atoms with Gasteiger partial charge in [-0.05, 0) is 38.1 Å². The Kier molecular flexibility index (Phi) is 4.74. The Morgan fingerprint density at radius 3 is 2.77 bits per heavy atom. The molecule has 0 N–H and O–H groups in total. The van der Waals surface area contributed by atoms with Crippen molar-refractivity contribution in [2.75, 3.05) is 6.61 Å². The molecule has 1 aliphatic heterocycles. The maximum atomic E-state index is 12.5. The van der Waals surface area contributed by atoms with Gasteiger partial charge in [0.25, 0.3) is 0 Å². The third-order valence-electron chi connectivity index (χ3n) is 5.23. The number of hydrogen-bond donors (Lipinski definition) is 0. The summed E-state index contributed by atoms with van der Waals surface area (Å²) in [7, 11) is 0. The standard InChI is InChI=1S/C23H21N5O3/c1-3-30-23(29)21-19-12-27-20(13-31-16-7-5-4-6-8-16)25-26-22(27)17-11-15(2)9-10-18(17)28(19)14-24-21/h4-11,14H,3,12-13H2,1-2H3. The lowest BCUT2D eigenvalue weighted by molar-refractivity contribution is 0.0518. The van der Waals surface area contributed by atoms with E-state index in [1.165, 1.54) is 0 Å². The topological polar surface area (TPSA) is 84.1 Å². The summed E-state index contributed by atoms with van der Waals surface area (Å²) in [4.78, 5) is 16.9. The molecule has 2 aromatic heterocycles. The Labute approximate surface area is 179 Å². The summed E-state index contributed by atoms with van der Waals surface area (Å²) in [5, 5.41) is 8.86. The Bertz CT molecular complexity index is 1260. The zero-order valence-electron chi connectivity index (χ0n) is 17.3. The number of carbonyl (C=O) groups is 1. The second-order valence-electron chi connectivity index (χ2n) is 7.28. The molecule has 2 aromatic carbocycles. The highest BCUT2D eigenvalue weighted by molar-refractivity contribution is 5.89. The minimum Gasteiger partial charge on any atom is -0.486 e. The van der Waals surface area contributed by atoms with E-state index in [2.05, 4.69) is 21.2 Å². The molecule has 4 aromatic rings. The van der Waals surface area contributed by atoms with Crippen molar-refractivity contribution in [3.63, 3.8) is 0 Å². The molecule has 0 amide bonds. The van der Waals surface area contributed by atoms with Gasteiger partial charge in [-0.2, -0.15) is 0 Å². The summed E-state index contributed by atoms with van der Waals surface area (Å²) in [6.07, 6.45) is 1.66. The van der Waals surface area contributed by atoms with Gasteiger partial charge >= 0.3 is 5.97 Å². The number of imidazole rings is 1. The Hall–Kier alpha value is -3.94. The van der Waals surface area contributed by atoms with Crippen LogP contribution in [0.5, 0.6) is 5.75 Å². The molecule has 0 atom stereocenters. The predicted molar refractivity (Wildman–Crippen MR) is 113 cm³/mol. The third kappa shape index (κ3) is 3.35. The molecule has 1 aliphatic rings. The smallest absolute Gasteiger partial charge is 0.358 e. The van der Waals surface area contributed by atoms with Crippen molar-refractivity contribution in [2.24, 2.45) is 0 Å². The van der Waals surface area contributed by atoms with Gasteiger partial charge in [-0.1, -0.05) is 29.8 Å². The van der Waals surface area contributed by atoms with Crippen LogP contribution >= 0.6 is 0 Å². The highest BCUT2D eigenvalue weighted by atomic mass is 16.5. The van der Waals surface area contributed by atoms with Crippen molar-refractivity contribution >= 4 is 5.97 Å². The first-order valence-electron chi connectivity index (χ1n) is 10.1. The van der Waals surface area contributed by atoms with Crippen LogP contribution in [0.3, 0.4) is 0 Å².